The number of rotatable bonds is 3. The van der Waals surface area contributed by atoms with Crippen molar-refractivity contribution in [2.45, 2.75) is 0 Å². The summed E-state index contributed by atoms with van der Waals surface area (Å²) in [4.78, 5) is 0. The van der Waals surface area contributed by atoms with Crippen LogP contribution in [0.1, 0.15) is 0 Å². The number of hydrogen-bond acceptors (Lipinski definition) is 1. The molecule has 0 atom stereocenters. The molecule has 3 heterocycles. The number of nitrogens with zero attached hydrogens (tertiary/aromatic N) is 2. The van der Waals surface area contributed by atoms with Crippen LogP contribution in [0, 0.1) is 0 Å². The minimum Gasteiger partial charge on any atom is -0.309 e. The molecule has 0 aliphatic heterocycles. The molecule has 0 aliphatic rings. The van der Waals surface area contributed by atoms with Gasteiger partial charge in [-0.15, -0.1) is 11.3 Å². The molecular formula is C42H26N2S. The standard InChI is InChI=1S/C42H26N2S/c1-2-12-27(13-3-1)28-24-39(42-34-17-7-11-21-40(34)45-41(42)25-28)44-37-20-10-6-16-32(37)33-23-22-29(26-38(33)44)43-35-18-8-4-14-30(35)31-15-5-9-19-36(31)43/h1-26H. The minimum atomic E-state index is 1.16. The first kappa shape index (κ1) is 24.8. The molecule has 10 aromatic rings. The van der Waals surface area contributed by atoms with Gasteiger partial charge in [-0.05, 0) is 59.7 Å². The number of para-hydroxylation sites is 3. The van der Waals surface area contributed by atoms with Gasteiger partial charge < -0.3 is 9.13 Å². The van der Waals surface area contributed by atoms with Crippen LogP contribution in [0.15, 0.2) is 158 Å². The Morgan fingerprint density at radius 3 is 1.60 bits per heavy atom. The van der Waals surface area contributed by atoms with Crippen LogP contribution in [0.25, 0.3) is 86.3 Å². The SMILES string of the molecule is c1ccc(-c2cc(-n3c4ccccc4c4ccc(-n5c6ccccc6c6ccccc65)cc43)c3c(c2)sc2ccccc23)cc1. The van der Waals surface area contributed by atoms with Gasteiger partial charge in [-0.25, -0.2) is 0 Å². The zero-order valence-electron chi connectivity index (χ0n) is 24.3. The Morgan fingerprint density at radius 1 is 0.356 bits per heavy atom. The Morgan fingerprint density at radius 2 is 0.911 bits per heavy atom. The summed E-state index contributed by atoms with van der Waals surface area (Å²) in [6, 6.07) is 57.7. The summed E-state index contributed by atoms with van der Waals surface area (Å²) in [5.41, 5.74) is 9.70. The van der Waals surface area contributed by atoms with Crippen molar-refractivity contribution in [3.63, 3.8) is 0 Å². The molecule has 0 radical (unpaired) electrons. The molecule has 10 rings (SSSR count). The van der Waals surface area contributed by atoms with E-state index in [1.165, 1.54) is 80.6 Å². The summed E-state index contributed by atoms with van der Waals surface area (Å²) in [6.45, 7) is 0. The molecule has 3 heteroatoms. The molecule has 3 aromatic heterocycles. The molecule has 7 aromatic carbocycles. The predicted octanol–water partition coefficient (Wildman–Crippen LogP) is 11.9. The summed E-state index contributed by atoms with van der Waals surface area (Å²) >= 11 is 1.88. The van der Waals surface area contributed by atoms with Crippen molar-refractivity contribution < 1.29 is 0 Å². The molecule has 45 heavy (non-hydrogen) atoms. The van der Waals surface area contributed by atoms with E-state index in [4.69, 9.17) is 0 Å². The summed E-state index contributed by atoms with van der Waals surface area (Å²) < 4.78 is 7.54. The van der Waals surface area contributed by atoms with Crippen molar-refractivity contribution in [1.29, 1.82) is 0 Å². The predicted molar refractivity (Wildman–Crippen MR) is 193 cm³/mol. The molecule has 0 N–H and O–H groups in total. The molecule has 0 amide bonds. The van der Waals surface area contributed by atoms with Gasteiger partial charge in [0.1, 0.15) is 0 Å². The van der Waals surface area contributed by atoms with E-state index in [1.54, 1.807) is 0 Å². The molecular weight excluding hydrogens is 565 g/mol. The van der Waals surface area contributed by atoms with Crippen LogP contribution in [0.2, 0.25) is 0 Å². The monoisotopic (exact) mass is 590 g/mol. The molecule has 0 unspecified atom stereocenters. The lowest BCUT2D eigenvalue weighted by atomic mass is 10.0. The van der Waals surface area contributed by atoms with Crippen LogP contribution >= 0.6 is 11.3 Å². The first-order chi connectivity index (χ1) is 22.3. The Balaban J connectivity index is 1.36. The lowest BCUT2D eigenvalue weighted by molar-refractivity contribution is 1.16. The van der Waals surface area contributed by atoms with Gasteiger partial charge in [-0.2, -0.15) is 0 Å². The van der Waals surface area contributed by atoms with Crippen LogP contribution in [0.3, 0.4) is 0 Å². The highest BCUT2D eigenvalue weighted by Gasteiger charge is 2.20. The smallest absolute Gasteiger partial charge is 0.0562 e. The van der Waals surface area contributed by atoms with Crippen molar-refractivity contribution in [3.8, 4) is 22.5 Å². The summed E-state index contributed by atoms with van der Waals surface area (Å²) in [7, 11) is 0. The Hall–Kier alpha value is -5.64. The minimum absolute atomic E-state index is 1.16. The van der Waals surface area contributed by atoms with Gasteiger partial charge in [0.15, 0.2) is 0 Å². The number of aromatic nitrogens is 2. The van der Waals surface area contributed by atoms with E-state index in [2.05, 4.69) is 167 Å². The quantitative estimate of drug-likeness (QED) is 0.194. The van der Waals surface area contributed by atoms with E-state index < -0.39 is 0 Å². The summed E-state index contributed by atoms with van der Waals surface area (Å²) in [6.07, 6.45) is 0. The second-order valence-corrected chi connectivity index (χ2v) is 12.8. The third-order valence-electron chi connectivity index (χ3n) is 9.30. The van der Waals surface area contributed by atoms with Gasteiger partial charge >= 0.3 is 0 Å². The zero-order valence-corrected chi connectivity index (χ0v) is 25.1. The number of fused-ring (bicyclic) bond motifs is 9. The maximum Gasteiger partial charge on any atom is 0.0562 e. The maximum absolute atomic E-state index is 2.51. The normalized spacial score (nSPS) is 12.0. The Kier molecular flexibility index (Phi) is 5.19. The highest BCUT2D eigenvalue weighted by molar-refractivity contribution is 7.26. The molecule has 0 bridgehead atoms. The van der Waals surface area contributed by atoms with Crippen LogP contribution in [-0.4, -0.2) is 9.13 Å². The molecule has 0 aliphatic carbocycles. The summed E-state index contributed by atoms with van der Waals surface area (Å²) in [5.74, 6) is 0. The topological polar surface area (TPSA) is 9.86 Å². The third kappa shape index (κ3) is 3.56. The van der Waals surface area contributed by atoms with Gasteiger partial charge in [0.2, 0.25) is 0 Å². The van der Waals surface area contributed by atoms with Crippen LogP contribution in [0.4, 0.5) is 0 Å². The average molecular weight is 591 g/mol. The van der Waals surface area contributed by atoms with Crippen LogP contribution in [-0.2, 0) is 0 Å². The van der Waals surface area contributed by atoms with Crippen molar-refractivity contribution >= 4 is 75.1 Å². The molecule has 0 fully saturated rings. The van der Waals surface area contributed by atoms with E-state index in [-0.39, 0.29) is 0 Å². The molecule has 0 spiro atoms. The number of benzene rings is 7. The van der Waals surface area contributed by atoms with Crippen molar-refractivity contribution in [1.82, 2.24) is 9.13 Å². The fourth-order valence-corrected chi connectivity index (χ4v) is 8.53. The molecule has 0 saturated carbocycles. The van der Waals surface area contributed by atoms with Gasteiger partial charge in [-0.1, -0.05) is 109 Å². The molecule has 2 nitrogen and oxygen atoms in total. The second kappa shape index (κ2) is 9.43. The lowest BCUT2D eigenvalue weighted by Crippen LogP contribution is -1.98. The van der Waals surface area contributed by atoms with Crippen LogP contribution < -0.4 is 0 Å². The fraction of sp³-hybridized carbons (Fsp3) is 0. The van der Waals surface area contributed by atoms with E-state index in [0.717, 1.165) is 5.69 Å². The van der Waals surface area contributed by atoms with E-state index in [0.29, 0.717) is 0 Å². The van der Waals surface area contributed by atoms with Crippen molar-refractivity contribution in [2.24, 2.45) is 0 Å². The second-order valence-electron chi connectivity index (χ2n) is 11.8. The fourth-order valence-electron chi connectivity index (χ4n) is 7.36. The zero-order chi connectivity index (χ0) is 29.5. The summed E-state index contributed by atoms with van der Waals surface area (Å²) in [5, 5.41) is 7.68. The molecule has 210 valence electrons. The van der Waals surface area contributed by atoms with Crippen LogP contribution in [0.5, 0.6) is 0 Å². The lowest BCUT2D eigenvalue weighted by Gasteiger charge is -2.14. The Labute approximate surface area is 263 Å². The van der Waals surface area contributed by atoms with Gasteiger partial charge in [0.05, 0.1) is 27.8 Å². The average Bonchev–Trinajstić information content (AvgIpc) is 3.76. The van der Waals surface area contributed by atoms with Crippen molar-refractivity contribution in [3.05, 3.63) is 158 Å². The van der Waals surface area contributed by atoms with Gasteiger partial charge in [0, 0.05) is 47.4 Å². The highest BCUT2D eigenvalue weighted by Crippen LogP contribution is 2.44. The Bertz CT molecular complexity index is 2710. The highest BCUT2D eigenvalue weighted by atomic mass is 32.1. The van der Waals surface area contributed by atoms with E-state index >= 15 is 0 Å². The van der Waals surface area contributed by atoms with E-state index in [1.807, 2.05) is 11.3 Å². The largest absolute Gasteiger partial charge is 0.309 e. The first-order valence-electron chi connectivity index (χ1n) is 15.4. The van der Waals surface area contributed by atoms with Gasteiger partial charge in [-0.3, -0.25) is 0 Å². The van der Waals surface area contributed by atoms with Crippen molar-refractivity contribution in [2.75, 3.05) is 0 Å². The number of hydrogen-bond donors (Lipinski definition) is 0. The number of thiophene rings is 1. The maximum atomic E-state index is 2.51. The van der Waals surface area contributed by atoms with E-state index in [9.17, 15) is 0 Å². The van der Waals surface area contributed by atoms with Gasteiger partial charge in [0.25, 0.3) is 0 Å². The molecule has 0 saturated heterocycles. The first-order valence-corrected chi connectivity index (χ1v) is 16.2. The third-order valence-corrected chi connectivity index (χ3v) is 10.4.